The number of carbonyl (C=O) groups excluding carboxylic acids is 2. The van der Waals surface area contributed by atoms with E-state index in [1.807, 2.05) is 12.3 Å². The number of para-hydroxylation sites is 1. The maximum absolute atomic E-state index is 12.6. The molecule has 5 nitrogen and oxygen atoms in total. The second-order valence-electron chi connectivity index (χ2n) is 5.51. The van der Waals surface area contributed by atoms with Crippen molar-refractivity contribution in [3.05, 3.63) is 71.7 Å². The van der Waals surface area contributed by atoms with E-state index in [1.165, 1.54) is 40.7 Å². The smallest absolute Gasteiger partial charge is 0.325 e. The van der Waals surface area contributed by atoms with Gasteiger partial charge in [-0.2, -0.15) is 0 Å². The lowest BCUT2D eigenvalue weighted by Gasteiger charge is -2.04. The molecule has 0 spiro atoms. The lowest BCUT2D eigenvalue weighted by molar-refractivity contribution is -0.141. The highest BCUT2D eigenvalue weighted by atomic mass is 19.1. The number of hydrogen-bond donors (Lipinski definition) is 2. The number of carbonyl (C=O) groups is 2. The summed E-state index contributed by atoms with van der Waals surface area (Å²) in [4.78, 5) is 25.5. The van der Waals surface area contributed by atoms with Gasteiger partial charge in [0.1, 0.15) is 12.4 Å². The molecule has 0 aliphatic rings. The lowest BCUT2D eigenvalue weighted by Crippen LogP contribution is -2.30. The van der Waals surface area contributed by atoms with Crippen LogP contribution in [0.5, 0.6) is 0 Å². The molecule has 2 aromatic carbocycles. The van der Waals surface area contributed by atoms with Gasteiger partial charge in [0.15, 0.2) is 0 Å². The second kappa shape index (κ2) is 9.36. The molecule has 0 saturated heterocycles. The van der Waals surface area contributed by atoms with E-state index in [4.69, 9.17) is 0 Å². The Labute approximate surface area is 151 Å². The fourth-order valence-corrected chi connectivity index (χ4v) is 2.28. The third kappa shape index (κ3) is 5.44. The molecule has 0 aliphatic heterocycles. The number of halogens is 1. The summed E-state index contributed by atoms with van der Waals surface area (Å²) in [5.74, 6) is -1.35. The number of hydrogen-bond acceptors (Lipinski definition) is 3. The fourth-order valence-electron chi connectivity index (χ4n) is 2.28. The van der Waals surface area contributed by atoms with Gasteiger partial charge in [0.05, 0.1) is 6.61 Å². The van der Waals surface area contributed by atoms with Gasteiger partial charge in [-0.15, -0.1) is 0 Å². The zero-order valence-electron chi connectivity index (χ0n) is 14.7. The van der Waals surface area contributed by atoms with Crippen LogP contribution in [0.25, 0.3) is 10.9 Å². The molecule has 26 heavy (non-hydrogen) atoms. The monoisotopic (exact) mass is 356 g/mol. The molecule has 3 rings (SSSR count). The Morgan fingerprint density at radius 2 is 1.81 bits per heavy atom. The largest absolute Gasteiger partial charge is 0.465 e. The molecule has 3 aromatic rings. The number of esters is 1. The first-order valence-electron chi connectivity index (χ1n) is 8.23. The summed E-state index contributed by atoms with van der Waals surface area (Å²) in [6.45, 7) is 3.87. The summed E-state index contributed by atoms with van der Waals surface area (Å²) < 4.78 is 17.2. The minimum Gasteiger partial charge on any atom is -0.465 e. The number of aromatic amines is 1. The molecule has 136 valence electrons. The molecule has 2 N–H and O–H groups in total. The molecule has 0 saturated carbocycles. The Balaban J connectivity index is 0.000000206. The van der Waals surface area contributed by atoms with E-state index in [-0.39, 0.29) is 13.2 Å². The summed E-state index contributed by atoms with van der Waals surface area (Å²) in [6.07, 6.45) is 2.03. The predicted molar refractivity (Wildman–Crippen MR) is 98.4 cm³/mol. The van der Waals surface area contributed by atoms with Crippen molar-refractivity contribution in [1.82, 2.24) is 10.3 Å². The summed E-state index contributed by atoms with van der Waals surface area (Å²) in [7, 11) is 0. The van der Waals surface area contributed by atoms with Crippen LogP contribution in [0.15, 0.2) is 54.7 Å². The van der Waals surface area contributed by atoms with Crippen molar-refractivity contribution in [2.45, 2.75) is 13.8 Å². The van der Waals surface area contributed by atoms with Crippen LogP contribution in [-0.2, 0) is 9.53 Å². The fraction of sp³-hybridized carbons (Fsp3) is 0.200. The third-order valence-corrected chi connectivity index (χ3v) is 3.60. The predicted octanol–water partition coefficient (Wildman–Crippen LogP) is 3.59. The van der Waals surface area contributed by atoms with Crippen molar-refractivity contribution >= 4 is 22.8 Å². The summed E-state index contributed by atoms with van der Waals surface area (Å²) in [5.41, 5.74) is 2.83. The van der Waals surface area contributed by atoms with E-state index in [0.29, 0.717) is 5.56 Å². The molecule has 1 amide bonds. The van der Waals surface area contributed by atoms with Crippen LogP contribution in [0, 0.1) is 12.7 Å². The van der Waals surface area contributed by atoms with Gasteiger partial charge in [-0.1, -0.05) is 18.2 Å². The van der Waals surface area contributed by atoms with Crippen LogP contribution in [-0.4, -0.2) is 30.0 Å². The van der Waals surface area contributed by atoms with E-state index < -0.39 is 17.7 Å². The number of benzene rings is 2. The lowest BCUT2D eigenvalue weighted by atomic mass is 10.2. The van der Waals surface area contributed by atoms with Crippen LogP contribution >= 0.6 is 0 Å². The minimum atomic E-state index is -0.502. The van der Waals surface area contributed by atoms with Gasteiger partial charge in [0.2, 0.25) is 0 Å². The molecule has 1 heterocycles. The van der Waals surface area contributed by atoms with Gasteiger partial charge >= 0.3 is 5.97 Å². The molecule has 0 fully saturated rings. The molecule has 0 aliphatic carbocycles. The Bertz CT molecular complexity index is 872. The topological polar surface area (TPSA) is 71.2 Å². The van der Waals surface area contributed by atoms with E-state index in [0.717, 1.165) is 0 Å². The highest BCUT2D eigenvalue weighted by Crippen LogP contribution is 2.15. The standard InChI is InChI=1S/C11H12FNO3.C9H9N/c1-2-16-10(14)7-13-11(15)8-3-5-9(12)6-4-8;1-7-6-10-9-5-3-2-4-8(7)9/h3-6H,2,7H2,1H3,(H,13,15);2-6,10H,1H3. The van der Waals surface area contributed by atoms with Crippen molar-refractivity contribution in [1.29, 1.82) is 0 Å². The van der Waals surface area contributed by atoms with E-state index in [9.17, 15) is 14.0 Å². The van der Waals surface area contributed by atoms with E-state index in [1.54, 1.807) is 6.92 Å². The molecule has 0 atom stereocenters. The third-order valence-electron chi connectivity index (χ3n) is 3.60. The SMILES string of the molecule is CCOC(=O)CNC(=O)c1ccc(F)cc1.Cc1c[nH]c2ccccc12. The molecule has 1 aromatic heterocycles. The van der Waals surface area contributed by atoms with Crippen LogP contribution in [0.2, 0.25) is 0 Å². The molecular weight excluding hydrogens is 335 g/mol. The second-order valence-corrected chi connectivity index (χ2v) is 5.51. The maximum atomic E-state index is 12.6. The summed E-state index contributed by atoms with van der Waals surface area (Å²) in [6, 6.07) is 13.4. The number of rotatable bonds is 4. The quantitative estimate of drug-likeness (QED) is 0.702. The Hall–Kier alpha value is -3.15. The molecule has 0 unspecified atom stereocenters. The average Bonchev–Trinajstić information content (AvgIpc) is 3.03. The van der Waals surface area contributed by atoms with Gasteiger partial charge in [0, 0.05) is 22.7 Å². The van der Waals surface area contributed by atoms with E-state index in [2.05, 4.69) is 40.2 Å². The first kappa shape index (κ1) is 19.2. The number of H-pyrrole nitrogens is 1. The zero-order chi connectivity index (χ0) is 18.9. The van der Waals surface area contributed by atoms with Crippen LogP contribution in [0.1, 0.15) is 22.8 Å². The highest BCUT2D eigenvalue weighted by molar-refractivity contribution is 5.95. The Morgan fingerprint density at radius 1 is 1.12 bits per heavy atom. The first-order chi connectivity index (χ1) is 12.5. The van der Waals surface area contributed by atoms with Gasteiger partial charge in [-0.05, 0) is 49.7 Å². The minimum absolute atomic E-state index is 0.190. The van der Waals surface area contributed by atoms with Crippen LogP contribution in [0.4, 0.5) is 4.39 Å². The molecule has 0 bridgehead atoms. The maximum Gasteiger partial charge on any atom is 0.325 e. The summed E-state index contributed by atoms with van der Waals surface area (Å²) in [5, 5.41) is 3.69. The van der Waals surface area contributed by atoms with Crippen LogP contribution in [0.3, 0.4) is 0 Å². The average molecular weight is 356 g/mol. The number of amides is 1. The van der Waals surface area contributed by atoms with Gasteiger partial charge in [-0.3, -0.25) is 9.59 Å². The van der Waals surface area contributed by atoms with Gasteiger partial charge in [0.25, 0.3) is 5.91 Å². The Morgan fingerprint density at radius 3 is 2.46 bits per heavy atom. The number of aromatic nitrogens is 1. The first-order valence-corrected chi connectivity index (χ1v) is 8.23. The van der Waals surface area contributed by atoms with Crippen molar-refractivity contribution in [2.24, 2.45) is 0 Å². The van der Waals surface area contributed by atoms with Gasteiger partial charge in [-0.25, -0.2) is 4.39 Å². The van der Waals surface area contributed by atoms with Crippen molar-refractivity contribution in [2.75, 3.05) is 13.2 Å². The van der Waals surface area contributed by atoms with Crippen molar-refractivity contribution in [3.63, 3.8) is 0 Å². The number of aryl methyl sites for hydroxylation is 1. The number of ether oxygens (including phenoxy) is 1. The molecular formula is C20H21FN2O3. The number of nitrogens with one attached hydrogen (secondary N) is 2. The number of fused-ring (bicyclic) bond motifs is 1. The Kier molecular flexibility index (Phi) is 6.91. The van der Waals surface area contributed by atoms with Gasteiger partial charge < -0.3 is 15.0 Å². The van der Waals surface area contributed by atoms with Crippen molar-refractivity contribution in [3.8, 4) is 0 Å². The normalized spacial score (nSPS) is 9.96. The summed E-state index contributed by atoms with van der Waals surface area (Å²) >= 11 is 0. The highest BCUT2D eigenvalue weighted by Gasteiger charge is 2.08. The molecule has 0 radical (unpaired) electrons. The van der Waals surface area contributed by atoms with Crippen molar-refractivity contribution < 1.29 is 18.7 Å². The molecule has 6 heteroatoms. The van der Waals surface area contributed by atoms with E-state index >= 15 is 0 Å². The zero-order valence-corrected chi connectivity index (χ0v) is 14.7. The van der Waals surface area contributed by atoms with Crippen LogP contribution < -0.4 is 5.32 Å².